The molecule has 0 aliphatic rings. The first-order valence-corrected chi connectivity index (χ1v) is 7.85. The molecule has 0 radical (unpaired) electrons. The van der Waals surface area contributed by atoms with Gasteiger partial charge in [-0.1, -0.05) is 17.7 Å². The lowest BCUT2D eigenvalue weighted by Crippen LogP contribution is -2.33. The first-order chi connectivity index (χ1) is 9.62. The number of rotatable bonds is 7. The van der Waals surface area contributed by atoms with Crippen LogP contribution in [0, 0.1) is 6.92 Å². The Bertz CT molecular complexity index is 574. The SMILES string of the molecule is CC(=O)OCCC(C)(O)COS(=O)(=O)c1ccc(C)cc1. The number of hydrogen-bond acceptors (Lipinski definition) is 6. The molecule has 0 heterocycles. The van der Waals surface area contributed by atoms with Crippen molar-refractivity contribution in [3.63, 3.8) is 0 Å². The maximum atomic E-state index is 12.0. The van der Waals surface area contributed by atoms with Crippen LogP contribution in [0.2, 0.25) is 0 Å². The average molecular weight is 316 g/mol. The van der Waals surface area contributed by atoms with Crippen LogP contribution in [0.5, 0.6) is 0 Å². The fraction of sp³-hybridized carbons (Fsp3) is 0.500. The first kappa shape index (κ1) is 17.6. The van der Waals surface area contributed by atoms with Gasteiger partial charge in [-0.2, -0.15) is 8.42 Å². The summed E-state index contributed by atoms with van der Waals surface area (Å²) in [6.45, 7) is 4.10. The molecule has 0 saturated carbocycles. The molecule has 0 amide bonds. The molecule has 0 aliphatic carbocycles. The van der Waals surface area contributed by atoms with E-state index in [9.17, 15) is 18.3 Å². The third kappa shape index (κ3) is 6.24. The molecule has 21 heavy (non-hydrogen) atoms. The molecule has 1 N–H and O–H groups in total. The van der Waals surface area contributed by atoms with E-state index in [-0.39, 0.29) is 17.9 Å². The Morgan fingerprint density at radius 3 is 2.38 bits per heavy atom. The minimum absolute atomic E-state index is 0.00370. The summed E-state index contributed by atoms with van der Waals surface area (Å²) >= 11 is 0. The zero-order valence-electron chi connectivity index (χ0n) is 12.3. The summed E-state index contributed by atoms with van der Waals surface area (Å²) < 4.78 is 33.5. The van der Waals surface area contributed by atoms with Crippen LogP contribution in [0.3, 0.4) is 0 Å². The molecule has 0 bridgehead atoms. The van der Waals surface area contributed by atoms with Gasteiger partial charge < -0.3 is 9.84 Å². The molecule has 0 spiro atoms. The van der Waals surface area contributed by atoms with Crippen molar-refractivity contribution < 1.29 is 27.2 Å². The van der Waals surface area contributed by atoms with E-state index in [1.165, 1.54) is 26.0 Å². The lowest BCUT2D eigenvalue weighted by molar-refractivity contribution is -0.142. The highest BCUT2D eigenvalue weighted by atomic mass is 32.2. The van der Waals surface area contributed by atoms with Crippen LogP contribution >= 0.6 is 0 Å². The van der Waals surface area contributed by atoms with Gasteiger partial charge in [0.2, 0.25) is 0 Å². The van der Waals surface area contributed by atoms with Crippen molar-refractivity contribution in [3.8, 4) is 0 Å². The van der Waals surface area contributed by atoms with E-state index in [1.54, 1.807) is 12.1 Å². The second kappa shape index (κ2) is 7.02. The monoisotopic (exact) mass is 316 g/mol. The molecule has 1 unspecified atom stereocenters. The van der Waals surface area contributed by atoms with Crippen LogP contribution in [-0.4, -0.2) is 38.3 Å². The second-order valence-corrected chi connectivity index (χ2v) is 6.73. The Kier molecular flexibility index (Phi) is 5.88. The fourth-order valence-electron chi connectivity index (χ4n) is 1.46. The molecule has 118 valence electrons. The Balaban J connectivity index is 2.59. The van der Waals surface area contributed by atoms with Crippen LogP contribution in [-0.2, 0) is 23.8 Å². The van der Waals surface area contributed by atoms with E-state index in [0.29, 0.717) is 0 Å². The van der Waals surface area contributed by atoms with Crippen molar-refractivity contribution >= 4 is 16.1 Å². The van der Waals surface area contributed by atoms with Crippen molar-refractivity contribution in [2.75, 3.05) is 13.2 Å². The number of ether oxygens (including phenoxy) is 1. The zero-order chi connectivity index (χ0) is 16.1. The van der Waals surface area contributed by atoms with Gasteiger partial charge >= 0.3 is 5.97 Å². The number of hydrogen-bond donors (Lipinski definition) is 1. The molecule has 0 saturated heterocycles. The Morgan fingerprint density at radius 2 is 1.86 bits per heavy atom. The number of aryl methyl sites for hydroxylation is 1. The highest BCUT2D eigenvalue weighted by Gasteiger charge is 2.25. The van der Waals surface area contributed by atoms with Gasteiger partial charge in [-0.3, -0.25) is 8.98 Å². The number of carbonyl (C=O) groups is 1. The second-order valence-electron chi connectivity index (χ2n) is 5.12. The van der Waals surface area contributed by atoms with Crippen molar-refractivity contribution in [3.05, 3.63) is 29.8 Å². The molecule has 1 aromatic carbocycles. The maximum absolute atomic E-state index is 12.0. The summed E-state index contributed by atoms with van der Waals surface area (Å²) in [4.78, 5) is 10.7. The quantitative estimate of drug-likeness (QED) is 0.604. The van der Waals surface area contributed by atoms with Crippen LogP contribution < -0.4 is 0 Å². The van der Waals surface area contributed by atoms with Crippen molar-refractivity contribution in [2.45, 2.75) is 37.7 Å². The minimum Gasteiger partial charge on any atom is -0.466 e. The van der Waals surface area contributed by atoms with Gasteiger partial charge in [0, 0.05) is 13.3 Å². The summed E-state index contributed by atoms with van der Waals surface area (Å²) in [6, 6.07) is 6.21. The van der Waals surface area contributed by atoms with Gasteiger partial charge in [0.25, 0.3) is 10.1 Å². The van der Waals surface area contributed by atoms with Gasteiger partial charge in [-0.05, 0) is 26.0 Å². The molecule has 1 aromatic rings. The summed E-state index contributed by atoms with van der Waals surface area (Å²) in [7, 11) is -3.92. The largest absolute Gasteiger partial charge is 0.466 e. The Morgan fingerprint density at radius 1 is 1.29 bits per heavy atom. The Labute approximate surface area is 124 Å². The Hall–Kier alpha value is -1.44. The third-order valence-electron chi connectivity index (χ3n) is 2.78. The van der Waals surface area contributed by atoms with Gasteiger partial charge in [0.05, 0.1) is 23.7 Å². The van der Waals surface area contributed by atoms with Crippen LogP contribution in [0.4, 0.5) is 0 Å². The highest BCUT2D eigenvalue weighted by Crippen LogP contribution is 2.17. The predicted octanol–water partition coefficient (Wildman–Crippen LogP) is 1.40. The van der Waals surface area contributed by atoms with Gasteiger partial charge in [-0.15, -0.1) is 0 Å². The minimum atomic E-state index is -3.92. The highest BCUT2D eigenvalue weighted by molar-refractivity contribution is 7.86. The van der Waals surface area contributed by atoms with E-state index in [4.69, 9.17) is 8.92 Å². The van der Waals surface area contributed by atoms with Gasteiger partial charge in [-0.25, -0.2) is 0 Å². The summed E-state index contributed by atoms with van der Waals surface area (Å²) in [5.41, 5.74) is -0.477. The van der Waals surface area contributed by atoms with Crippen LogP contribution in [0.15, 0.2) is 29.2 Å². The third-order valence-corrected chi connectivity index (χ3v) is 4.06. The smallest absolute Gasteiger partial charge is 0.302 e. The standard InChI is InChI=1S/C14H20O6S/c1-11-4-6-13(7-5-11)21(17,18)20-10-14(3,16)8-9-19-12(2)15/h4-7,16H,8-10H2,1-3H3. The number of aliphatic hydroxyl groups is 1. The van der Waals surface area contributed by atoms with Gasteiger partial charge in [0.1, 0.15) is 0 Å². The molecule has 0 fully saturated rings. The predicted molar refractivity (Wildman–Crippen MR) is 76.2 cm³/mol. The van der Waals surface area contributed by atoms with Crippen LogP contribution in [0.1, 0.15) is 25.8 Å². The molecule has 0 aromatic heterocycles. The lowest BCUT2D eigenvalue weighted by Gasteiger charge is -2.22. The molecule has 1 rings (SSSR count). The van der Waals surface area contributed by atoms with Crippen molar-refractivity contribution in [2.24, 2.45) is 0 Å². The van der Waals surface area contributed by atoms with Crippen molar-refractivity contribution in [1.29, 1.82) is 0 Å². The fourth-order valence-corrected chi connectivity index (χ4v) is 2.48. The summed E-state index contributed by atoms with van der Waals surface area (Å²) in [6.07, 6.45) is 0.0794. The van der Waals surface area contributed by atoms with E-state index in [2.05, 4.69) is 0 Å². The zero-order valence-corrected chi connectivity index (χ0v) is 13.1. The maximum Gasteiger partial charge on any atom is 0.302 e. The number of esters is 1. The summed E-state index contributed by atoms with van der Waals surface area (Å²) in [5, 5.41) is 10.0. The molecular formula is C14H20O6S. The normalized spacial score (nSPS) is 14.5. The van der Waals surface area contributed by atoms with E-state index in [0.717, 1.165) is 5.56 Å². The van der Waals surface area contributed by atoms with E-state index < -0.39 is 28.3 Å². The molecule has 6 nitrogen and oxygen atoms in total. The molecular weight excluding hydrogens is 296 g/mol. The van der Waals surface area contributed by atoms with Gasteiger partial charge in [0.15, 0.2) is 0 Å². The van der Waals surface area contributed by atoms with Crippen molar-refractivity contribution in [1.82, 2.24) is 0 Å². The topological polar surface area (TPSA) is 89.9 Å². The lowest BCUT2D eigenvalue weighted by atomic mass is 10.1. The van der Waals surface area contributed by atoms with E-state index >= 15 is 0 Å². The summed E-state index contributed by atoms with van der Waals surface area (Å²) in [5.74, 6) is -0.459. The number of benzene rings is 1. The van der Waals surface area contributed by atoms with Crippen LogP contribution in [0.25, 0.3) is 0 Å². The average Bonchev–Trinajstić information content (AvgIpc) is 2.36. The molecule has 7 heteroatoms. The molecule has 1 atom stereocenters. The first-order valence-electron chi connectivity index (χ1n) is 6.44. The molecule has 0 aliphatic heterocycles. The van der Waals surface area contributed by atoms with E-state index in [1.807, 2.05) is 6.92 Å². The number of carbonyl (C=O) groups excluding carboxylic acids is 1.